The summed E-state index contributed by atoms with van der Waals surface area (Å²) in [5.74, 6) is 0.683. The number of hydrogen-bond donors (Lipinski definition) is 0. The molecular formula is C54H39N3. The number of aromatic nitrogens is 3. The Morgan fingerprint density at radius 2 is 1.02 bits per heavy atom. The van der Waals surface area contributed by atoms with Gasteiger partial charge in [-0.1, -0.05) is 179 Å². The molecule has 0 fully saturated rings. The van der Waals surface area contributed by atoms with Gasteiger partial charge in [-0.25, -0.2) is 9.97 Å². The van der Waals surface area contributed by atoms with Crippen LogP contribution in [0.5, 0.6) is 0 Å². The molecule has 2 aliphatic carbocycles. The minimum Gasteiger partial charge on any atom is -0.278 e. The average Bonchev–Trinajstić information content (AvgIpc) is 3.81. The summed E-state index contributed by atoms with van der Waals surface area (Å²) in [5.41, 5.74) is 18.0. The standard InChI is InChI=1S/C54H39N3/c1-53(2)40-22-12-8-18-35(40)46-42(53)31-30-39-45-38-21-11-15-25-44(38)57(51(45)49-48(47(39)46)36-19-9-13-23-41(36)54(49,3)4)52-55-43-24-14-10-20-37(43)50(56-52)34-28-26-33(27-29-34)32-16-6-5-7-17-32/h5-31H,1-4H3. The lowest BCUT2D eigenvalue weighted by atomic mass is 9.79. The lowest BCUT2D eigenvalue weighted by molar-refractivity contribution is 0.660. The molecular weight excluding hydrogens is 691 g/mol. The van der Waals surface area contributed by atoms with Crippen LogP contribution in [0.2, 0.25) is 0 Å². The largest absolute Gasteiger partial charge is 0.278 e. The molecule has 0 bridgehead atoms. The van der Waals surface area contributed by atoms with E-state index in [0.717, 1.165) is 27.7 Å². The van der Waals surface area contributed by atoms with E-state index in [4.69, 9.17) is 9.97 Å². The molecule has 57 heavy (non-hydrogen) atoms. The van der Waals surface area contributed by atoms with E-state index in [1.807, 2.05) is 0 Å². The Balaban J connectivity index is 1.23. The van der Waals surface area contributed by atoms with Crippen molar-refractivity contribution >= 4 is 43.5 Å². The third-order valence-electron chi connectivity index (χ3n) is 13.2. The van der Waals surface area contributed by atoms with Crippen LogP contribution >= 0.6 is 0 Å². The van der Waals surface area contributed by atoms with Crippen molar-refractivity contribution in [3.05, 3.63) is 186 Å². The molecule has 270 valence electrons. The van der Waals surface area contributed by atoms with E-state index in [2.05, 4.69) is 196 Å². The van der Waals surface area contributed by atoms with E-state index < -0.39 is 0 Å². The van der Waals surface area contributed by atoms with Crippen molar-refractivity contribution in [1.29, 1.82) is 0 Å². The van der Waals surface area contributed by atoms with Crippen molar-refractivity contribution in [3.8, 4) is 50.6 Å². The first-order valence-corrected chi connectivity index (χ1v) is 20.0. The topological polar surface area (TPSA) is 30.7 Å². The smallest absolute Gasteiger partial charge is 0.235 e. The number of hydrogen-bond acceptors (Lipinski definition) is 2. The highest BCUT2D eigenvalue weighted by Crippen LogP contribution is 2.60. The fourth-order valence-corrected chi connectivity index (χ4v) is 10.6. The van der Waals surface area contributed by atoms with Crippen molar-refractivity contribution < 1.29 is 0 Å². The molecule has 0 amide bonds. The zero-order chi connectivity index (χ0) is 38.2. The third kappa shape index (κ3) is 4.26. The zero-order valence-electron chi connectivity index (χ0n) is 32.4. The molecule has 0 radical (unpaired) electrons. The Bertz CT molecular complexity index is 3330. The van der Waals surface area contributed by atoms with Crippen molar-refractivity contribution in [2.24, 2.45) is 0 Å². The Morgan fingerprint density at radius 3 is 1.79 bits per heavy atom. The van der Waals surface area contributed by atoms with Gasteiger partial charge in [0.2, 0.25) is 5.95 Å². The van der Waals surface area contributed by atoms with Gasteiger partial charge in [0.25, 0.3) is 0 Å². The first-order valence-electron chi connectivity index (χ1n) is 20.0. The lowest BCUT2D eigenvalue weighted by Gasteiger charge is -2.25. The van der Waals surface area contributed by atoms with E-state index in [9.17, 15) is 0 Å². The summed E-state index contributed by atoms with van der Waals surface area (Å²) >= 11 is 0. The molecule has 0 spiro atoms. The molecule has 3 heteroatoms. The van der Waals surface area contributed by atoms with E-state index in [0.29, 0.717) is 5.95 Å². The molecule has 10 aromatic rings. The van der Waals surface area contributed by atoms with Gasteiger partial charge in [-0.3, -0.25) is 4.57 Å². The number of para-hydroxylation sites is 2. The van der Waals surface area contributed by atoms with Crippen LogP contribution < -0.4 is 0 Å². The second-order valence-corrected chi connectivity index (χ2v) is 16.9. The van der Waals surface area contributed by atoms with Gasteiger partial charge in [0.1, 0.15) is 0 Å². The second kappa shape index (κ2) is 11.4. The number of rotatable bonds is 3. The zero-order valence-corrected chi connectivity index (χ0v) is 32.4. The Hall–Kier alpha value is -6.84. The van der Waals surface area contributed by atoms with E-state index in [-0.39, 0.29) is 10.8 Å². The monoisotopic (exact) mass is 729 g/mol. The summed E-state index contributed by atoms with van der Waals surface area (Å²) < 4.78 is 2.38. The highest BCUT2D eigenvalue weighted by Gasteiger charge is 2.43. The predicted octanol–water partition coefficient (Wildman–Crippen LogP) is 13.8. The second-order valence-electron chi connectivity index (χ2n) is 16.9. The maximum Gasteiger partial charge on any atom is 0.235 e. The summed E-state index contributed by atoms with van der Waals surface area (Å²) in [6.45, 7) is 9.59. The molecule has 2 aliphatic rings. The van der Waals surface area contributed by atoms with Gasteiger partial charge in [-0.2, -0.15) is 0 Å². The molecule has 2 heterocycles. The van der Waals surface area contributed by atoms with Crippen LogP contribution in [0.15, 0.2) is 164 Å². The van der Waals surface area contributed by atoms with Gasteiger partial charge < -0.3 is 0 Å². The van der Waals surface area contributed by atoms with Crippen LogP contribution in [-0.2, 0) is 10.8 Å². The van der Waals surface area contributed by atoms with Gasteiger partial charge >= 0.3 is 0 Å². The molecule has 12 rings (SSSR count). The molecule has 3 nitrogen and oxygen atoms in total. The van der Waals surface area contributed by atoms with Crippen molar-refractivity contribution in [1.82, 2.24) is 14.5 Å². The minimum atomic E-state index is -0.298. The van der Waals surface area contributed by atoms with Gasteiger partial charge in [0.05, 0.1) is 22.2 Å². The van der Waals surface area contributed by atoms with Gasteiger partial charge in [0.15, 0.2) is 0 Å². The summed E-state index contributed by atoms with van der Waals surface area (Å²) in [7, 11) is 0. The Morgan fingerprint density at radius 1 is 0.421 bits per heavy atom. The van der Waals surface area contributed by atoms with Crippen molar-refractivity contribution in [2.75, 3.05) is 0 Å². The predicted molar refractivity (Wildman–Crippen MR) is 237 cm³/mol. The summed E-state index contributed by atoms with van der Waals surface area (Å²) in [4.78, 5) is 11.0. The van der Waals surface area contributed by atoms with E-state index in [1.54, 1.807) is 0 Å². The molecule has 0 N–H and O–H groups in total. The number of nitrogens with zero attached hydrogens (tertiary/aromatic N) is 3. The van der Waals surface area contributed by atoms with Crippen molar-refractivity contribution in [2.45, 2.75) is 38.5 Å². The summed E-state index contributed by atoms with van der Waals surface area (Å²) in [6.07, 6.45) is 0. The SMILES string of the molecule is CC1(C)c2ccccc2-c2c1ccc1c2c2c(c3c1c1ccccc1n3-c1nc(-c3ccc(-c4ccccc4)cc3)c3ccccc3n1)C(C)(C)c1ccccc1-2. The number of benzene rings is 8. The van der Waals surface area contributed by atoms with Crippen LogP contribution in [0.25, 0.3) is 94.1 Å². The van der Waals surface area contributed by atoms with Gasteiger partial charge in [0, 0.05) is 32.6 Å². The average molecular weight is 730 g/mol. The lowest BCUT2D eigenvalue weighted by Crippen LogP contribution is -2.17. The quantitative estimate of drug-likeness (QED) is 0.181. The minimum absolute atomic E-state index is 0.113. The third-order valence-corrected chi connectivity index (χ3v) is 13.2. The summed E-state index contributed by atoms with van der Waals surface area (Å²) in [5, 5.41) is 6.14. The highest BCUT2D eigenvalue weighted by molar-refractivity contribution is 6.29. The molecule has 0 atom stereocenters. The fourth-order valence-electron chi connectivity index (χ4n) is 10.6. The number of fused-ring (bicyclic) bond motifs is 15. The Labute approximate surface area is 331 Å². The van der Waals surface area contributed by atoms with Crippen LogP contribution in [0, 0.1) is 0 Å². The van der Waals surface area contributed by atoms with E-state index in [1.165, 1.54) is 82.7 Å². The molecule has 0 aliphatic heterocycles. The molecule has 0 saturated heterocycles. The maximum atomic E-state index is 5.58. The maximum absolute atomic E-state index is 5.58. The van der Waals surface area contributed by atoms with Crippen LogP contribution in [0.1, 0.15) is 49.9 Å². The van der Waals surface area contributed by atoms with Crippen LogP contribution in [-0.4, -0.2) is 14.5 Å². The first kappa shape index (κ1) is 32.4. The fraction of sp³-hybridized carbons (Fsp3) is 0.111. The first-order chi connectivity index (χ1) is 27.8. The highest BCUT2D eigenvalue weighted by atomic mass is 15.2. The van der Waals surface area contributed by atoms with Crippen molar-refractivity contribution in [3.63, 3.8) is 0 Å². The van der Waals surface area contributed by atoms with Gasteiger partial charge in [-0.15, -0.1) is 0 Å². The molecule has 0 unspecified atom stereocenters. The van der Waals surface area contributed by atoms with Crippen LogP contribution in [0.3, 0.4) is 0 Å². The molecule has 0 saturated carbocycles. The summed E-state index contributed by atoms with van der Waals surface area (Å²) in [6, 6.07) is 59.7. The van der Waals surface area contributed by atoms with Gasteiger partial charge in [-0.05, 0) is 78.5 Å². The normalized spacial score (nSPS) is 14.6. The molecule has 2 aromatic heterocycles. The van der Waals surface area contributed by atoms with Crippen LogP contribution in [0.4, 0.5) is 0 Å². The molecule has 8 aromatic carbocycles. The Kier molecular flexibility index (Phi) is 6.46. The van der Waals surface area contributed by atoms with E-state index >= 15 is 0 Å².